The average molecular weight is 275 g/mol. The fourth-order valence-corrected chi connectivity index (χ4v) is 2.36. The molecule has 0 radical (unpaired) electrons. The van der Waals surface area contributed by atoms with Crippen molar-refractivity contribution >= 4 is 12.4 Å². The van der Waals surface area contributed by atoms with Crippen LogP contribution in [0.25, 0.3) is 0 Å². The zero-order chi connectivity index (χ0) is 12.3. The molecule has 1 saturated heterocycles. The van der Waals surface area contributed by atoms with Gasteiger partial charge in [-0.3, -0.25) is 4.90 Å². The van der Waals surface area contributed by atoms with Crippen LogP contribution in [0.4, 0.5) is 4.39 Å². The van der Waals surface area contributed by atoms with E-state index in [1.54, 1.807) is 6.07 Å². The first-order valence-electron chi connectivity index (χ1n) is 6.08. The number of benzene rings is 1. The Hall–Kier alpha value is -0.840. The number of aromatic hydroxyl groups is 1. The minimum absolute atomic E-state index is 0. The van der Waals surface area contributed by atoms with Gasteiger partial charge in [0, 0.05) is 12.6 Å². The molecule has 0 spiro atoms. The number of nitrogens with two attached hydrogens (primary N) is 1. The molecular weight excluding hydrogens is 255 g/mol. The van der Waals surface area contributed by atoms with Crippen molar-refractivity contribution in [3.05, 3.63) is 29.6 Å². The summed E-state index contributed by atoms with van der Waals surface area (Å²) in [6.07, 6.45) is 2.22. The molecule has 1 heterocycles. The highest BCUT2D eigenvalue weighted by Crippen LogP contribution is 2.20. The molecule has 1 fully saturated rings. The predicted molar refractivity (Wildman–Crippen MR) is 72.4 cm³/mol. The van der Waals surface area contributed by atoms with Crippen molar-refractivity contribution in [1.29, 1.82) is 0 Å². The van der Waals surface area contributed by atoms with Crippen molar-refractivity contribution < 1.29 is 9.50 Å². The van der Waals surface area contributed by atoms with Gasteiger partial charge in [-0.15, -0.1) is 12.4 Å². The molecule has 3 nitrogen and oxygen atoms in total. The minimum Gasteiger partial charge on any atom is -0.508 e. The Morgan fingerprint density at radius 1 is 1.28 bits per heavy atom. The summed E-state index contributed by atoms with van der Waals surface area (Å²) in [5.41, 5.74) is 6.47. The number of piperidine rings is 1. The van der Waals surface area contributed by atoms with E-state index < -0.39 is 0 Å². The predicted octanol–water partition coefficient (Wildman–Crippen LogP) is 2.12. The summed E-state index contributed by atoms with van der Waals surface area (Å²) in [6.45, 7) is 3.45. The van der Waals surface area contributed by atoms with E-state index in [4.69, 9.17) is 5.73 Å². The van der Waals surface area contributed by atoms with Gasteiger partial charge in [0.2, 0.25) is 0 Å². The van der Waals surface area contributed by atoms with Gasteiger partial charge in [-0.25, -0.2) is 4.39 Å². The normalized spacial score (nSPS) is 17.4. The minimum atomic E-state index is -0.378. The van der Waals surface area contributed by atoms with Crippen LogP contribution < -0.4 is 5.73 Å². The van der Waals surface area contributed by atoms with Crippen LogP contribution in [0.5, 0.6) is 5.75 Å². The van der Waals surface area contributed by atoms with Crippen molar-refractivity contribution in [3.8, 4) is 5.75 Å². The zero-order valence-corrected chi connectivity index (χ0v) is 11.1. The molecule has 0 bridgehead atoms. The van der Waals surface area contributed by atoms with Crippen LogP contribution >= 0.6 is 12.4 Å². The van der Waals surface area contributed by atoms with Crippen LogP contribution in [0, 0.1) is 11.7 Å². The maximum atomic E-state index is 13.1. The monoisotopic (exact) mass is 274 g/mol. The smallest absolute Gasteiger partial charge is 0.127 e. The van der Waals surface area contributed by atoms with Crippen LogP contribution in [0.15, 0.2) is 18.2 Å². The van der Waals surface area contributed by atoms with Crippen molar-refractivity contribution in [2.24, 2.45) is 11.7 Å². The molecule has 1 aliphatic heterocycles. The highest BCUT2D eigenvalue weighted by molar-refractivity contribution is 5.85. The van der Waals surface area contributed by atoms with Crippen LogP contribution in [-0.4, -0.2) is 29.6 Å². The van der Waals surface area contributed by atoms with E-state index in [9.17, 15) is 9.50 Å². The van der Waals surface area contributed by atoms with Gasteiger partial charge in [0.15, 0.2) is 0 Å². The second-order valence-corrected chi connectivity index (χ2v) is 4.77. The Balaban J connectivity index is 0.00000162. The summed E-state index contributed by atoms with van der Waals surface area (Å²) in [6, 6.07) is 4.23. The quantitative estimate of drug-likeness (QED) is 0.888. The molecule has 3 N–H and O–H groups in total. The lowest BCUT2D eigenvalue weighted by Crippen LogP contribution is -2.35. The number of halogens is 2. The second-order valence-electron chi connectivity index (χ2n) is 4.77. The Bertz CT molecular complexity index is 361. The third-order valence-electron chi connectivity index (χ3n) is 3.39. The number of hydrogen-bond donors (Lipinski definition) is 2. The molecule has 1 aromatic carbocycles. The van der Waals surface area contributed by atoms with Gasteiger partial charge in [-0.1, -0.05) is 0 Å². The summed E-state index contributed by atoms with van der Waals surface area (Å²) < 4.78 is 13.1. The van der Waals surface area contributed by atoms with Crippen molar-refractivity contribution in [1.82, 2.24) is 4.90 Å². The Morgan fingerprint density at radius 3 is 2.50 bits per heavy atom. The van der Waals surface area contributed by atoms with E-state index in [2.05, 4.69) is 4.90 Å². The molecule has 1 aliphatic rings. The maximum Gasteiger partial charge on any atom is 0.127 e. The fraction of sp³-hybridized carbons (Fsp3) is 0.538. The fourth-order valence-electron chi connectivity index (χ4n) is 2.36. The van der Waals surface area contributed by atoms with Gasteiger partial charge in [-0.05, 0) is 56.1 Å². The largest absolute Gasteiger partial charge is 0.508 e. The van der Waals surface area contributed by atoms with Gasteiger partial charge >= 0.3 is 0 Å². The molecule has 1 aromatic rings. The van der Waals surface area contributed by atoms with Crippen LogP contribution in [0.1, 0.15) is 18.4 Å². The van der Waals surface area contributed by atoms with E-state index in [1.807, 2.05) is 0 Å². The number of phenols is 1. The van der Waals surface area contributed by atoms with Gasteiger partial charge in [0.25, 0.3) is 0 Å². The number of nitrogens with zero attached hydrogens (tertiary/aromatic N) is 1. The maximum absolute atomic E-state index is 13.1. The first kappa shape index (κ1) is 15.2. The summed E-state index contributed by atoms with van der Waals surface area (Å²) in [5.74, 6) is 0.251. The molecule has 18 heavy (non-hydrogen) atoms. The Labute approximate surface area is 113 Å². The molecule has 0 aromatic heterocycles. The van der Waals surface area contributed by atoms with Gasteiger partial charge in [-0.2, -0.15) is 0 Å². The van der Waals surface area contributed by atoms with Crippen molar-refractivity contribution in [3.63, 3.8) is 0 Å². The molecule has 0 unspecified atom stereocenters. The van der Waals surface area contributed by atoms with Gasteiger partial charge in [0.05, 0.1) is 0 Å². The standard InChI is InChI=1S/C13H19FN2O.ClH/c14-12-5-11(6-13(17)7-12)9-16-3-1-10(8-15)2-4-16;/h5-7,10,17H,1-4,8-9,15H2;1H. The molecule has 5 heteroatoms. The molecule has 0 atom stereocenters. The third kappa shape index (κ3) is 4.12. The summed E-state index contributed by atoms with van der Waals surface area (Å²) in [5, 5.41) is 9.33. The van der Waals surface area contributed by atoms with Crippen molar-refractivity contribution in [2.45, 2.75) is 19.4 Å². The van der Waals surface area contributed by atoms with E-state index in [0.717, 1.165) is 44.1 Å². The highest BCUT2D eigenvalue weighted by Gasteiger charge is 2.18. The van der Waals surface area contributed by atoms with Crippen LogP contribution in [-0.2, 0) is 6.54 Å². The number of likely N-dealkylation sites (tertiary alicyclic amines) is 1. The van der Waals surface area contributed by atoms with Gasteiger partial charge < -0.3 is 10.8 Å². The van der Waals surface area contributed by atoms with E-state index in [1.165, 1.54) is 6.07 Å². The van der Waals surface area contributed by atoms with E-state index >= 15 is 0 Å². The number of rotatable bonds is 3. The SMILES string of the molecule is Cl.NCC1CCN(Cc2cc(O)cc(F)c2)CC1. The number of phenolic OH excluding ortho intramolecular Hbond substituents is 1. The topological polar surface area (TPSA) is 49.5 Å². The number of hydrogen-bond acceptors (Lipinski definition) is 3. The van der Waals surface area contributed by atoms with E-state index in [0.29, 0.717) is 12.5 Å². The first-order valence-corrected chi connectivity index (χ1v) is 6.08. The lowest BCUT2D eigenvalue weighted by atomic mass is 9.97. The molecule has 102 valence electrons. The molecule has 0 amide bonds. The summed E-state index contributed by atoms with van der Waals surface area (Å²) in [7, 11) is 0. The van der Waals surface area contributed by atoms with E-state index in [-0.39, 0.29) is 24.0 Å². The summed E-state index contributed by atoms with van der Waals surface area (Å²) in [4.78, 5) is 2.28. The first-order chi connectivity index (χ1) is 8.17. The van der Waals surface area contributed by atoms with Crippen molar-refractivity contribution in [2.75, 3.05) is 19.6 Å². The third-order valence-corrected chi connectivity index (χ3v) is 3.39. The van der Waals surface area contributed by atoms with Crippen LogP contribution in [0.2, 0.25) is 0 Å². The lowest BCUT2D eigenvalue weighted by Gasteiger charge is -2.31. The molecule has 0 saturated carbocycles. The summed E-state index contributed by atoms with van der Waals surface area (Å²) >= 11 is 0. The molecule has 2 rings (SSSR count). The zero-order valence-electron chi connectivity index (χ0n) is 10.3. The Morgan fingerprint density at radius 2 is 1.94 bits per heavy atom. The lowest BCUT2D eigenvalue weighted by molar-refractivity contribution is 0.180. The Kier molecular flexibility index (Phi) is 5.85. The average Bonchev–Trinajstić information content (AvgIpc) is 2.28. The molecular formula is C13H20ClFN2O. The highest BCUT2D eigenvalue weighted by atomic mass is 35.5. The van der Waals surface area contributed by atoms with Gasteiger partial charge in [0.1, 0.15) is 11.6 Å². The van der Waals surface area contributed by atoms with Crippen LogP contribution in [0.3, 0.4) is 0 Å². The second kappa shape index (κ2) is 6.92. The molecule has 0 aliphatic carbocycles.